The zero-order chi connectivity index (χ0) is 17.7. The maximum absolute atomic E-state index is 10.9. The smallest absolute Gasteiger partial charge is 0.309 e. The molecule has 0 aliphatic carbocycles. The molecule has 0 aromatic heterocycles. The van der Waals surface area contributed by atoms with Crippen molar-refractivity contribution >= 4 is 11.8 Å². The maximum Gasteiger partial charge on any atom is 0.309 e. The molecule has 0 spiro atoms. The summed E-state index contributed by atoms with van der Waals surface area (Å²) in [7, 11) is 0. The van der Waals surface area contributed by atoms with Gasteiger partial charge in [0.15, 0.2) is 5.84 Å². The van der Waals surface area contributed by atoms with E-state index in [2.05, 4.69) is 11.9 Å². The predicted octanol–water partition coefficient (Wildman–Crippen LogP) is 3.60. The molecule has 0 radical (unpaired) electrons. The molecule has 5 heteroatoms. The Balaban J connectivity index is 2.25. The highest BCUT2D eigenvalue weighted by molar-refractivity contribution is 5.77. The standard InChI is InChI=1S/C19H36N2O3/c1-2-3-4-5-6-7-8-9-10-11-18-20-13-15-21(18,16-17-22)14-12-19(23)24/h22H,2-17H2,1H3/p+1. The van der Waals surface area contributed by atoms with E-state index >= 15 is 0 Å². The molecule has 0 fully saturated rings. The Morgan fingerprint density at radius 1 is 1.04 bits per heavy atom. The second kappa shape index (κ2) is 12.4. The highest BCUT2D eigenvalue weighted by atomic mass is 16.4. The molecular formula is C19H37N2O3+. The third-order valence-electron chi connectivity index (χ3n) is 5.16. The normalized spacial score (nSPS) is 20.3. The first-order valence-electron chi connectivity index (χ1n) is 9.87. The molecule has 0 aromatic rings. The number of nitrogens with zero attached hydrogens (tertiary/aromatic N) is 2. The first-order valence-corrected chi connectivity index (χ1v) is 9.87. The van der Waals surface area contributed by atoms with E-state index in [1.807, 2.05) is 0 Å². The molecule has 2 N–H and O–H groups in total. The van der Waals surface area contributed by atoms with Crippen molar-refractivity contribution in [2.45, 2.75) is 77.6 Å². The lowest BCUT2D eigenvalue weighted by molar-refractivity contribution is -0.836. The van der Waals surface area contributed by atoms with Gasteiger partial charge in [-0.15, -0.1) is 0 Å². The van der Waals surface area contributed by atoms with Crippen molar-refractivity contribution in [1.29, 1.82) is 0 Å². The van der Waals surface area contributed by atoms with Gasteiger partial charge in [0.2, 0.25) is 0 Å². The van der Waals surface area contributed by atoms with Crippen LogP contribution in [0.25, 0.3) is 0 Å². The summed E-state index contributed by atoms with van der Waals surface area (Å²) in [5.74, 6) is 0.355. The van der Waals surface area contributed by atoms with Crippen molar-refractivity contribution in [1.82, 2.24) is 0 Å². The molecule has 1 heterocycles. The SMILES string of the molecule is CCCCCCCCCCCC1=NCC[N+]1(CCO)CCC(=O)O. The molecule has 0 aromatic carbocycles. The van der Waals surface area contributed by atoms with E-state index in [-0.39, 0.29) is 13.0 Å². The third kappa shape index (κ3) is 7.75. The summed E-state index contributed by atoms with van der Waals surface area (Å²) in [6.45, 7) is 5.12. The van der Waals surface area contributed by atoms with Gasteiger partial charge in [0.25, 0.3) is 0 Å². The summed E-state index contributed by atoms with van der Waals surface area (Å²) in [5.41, 5.74) is 0. The lowest BCUT2D eigenvalue weighted by Crippen LogP contribution is -2.53. The summed E-state index contributed by atoms with van der Waals surface area (Å²) >= 11 is 0. The van der Waals surface area contributed by atoms with Gasteiger partial charge in [-0.05, 0) is 6.42 Å². The largest absolute Gasteiger partial charge is 0.481 e. The molecule has 1 rings (SSSR count). The van der Waals surface area contributed by atoms with Crippen LogP contribution in [0.5, 0.6) is 0 Å². The molecule has 1 atom stereocenters. The number of carboxylic acids is 1. The summed E-state index contributed by atoms with van der Waals surface area (Å²) in [5, 5.41) is 18.4. The average Bonchev–Trinajstić information content (AvgIpc) is 2.95. The van der Waals surface area contributed by atoms with Gasteiger partial charge in [0.1, 0.15) is 13.1 Å². The number of hydrogen-bond acceptors (Lipinski definition) is 3. The Morgan fingerprint density at radius 3 is 2.25 bits per heavy atom. The number of rotatable bonds is 15. The van der Waals surface area contributed by atoms with Crippen LogP contribution in [0.15, 0.2) is 4.99 Å². The van der Waals surface area contributed by atoms with E-state index in [1.54, 1.807) is 0 Å². The molecule has 1 aliphatic rings. The predicted molar refractivity (Wildman–Crippen MR) is 98.3 cm³/mol. The topological polar surface area (TPSA) is 69.9 Å². The highest BCUT2D eigenvalue weighted by Crippen LogP contribution is 2.21. The lowest BCUT2D eigenvalue weighted by atomic mass is 10.1. The van der Waals surface area contributed by atoms with Crippen molar-refractivity contribution in [2.24, 2.45) is 4.99 Å². The highest BCUT2D eigenvalue weighted by Gasteiger charge is 2.37. The first kappa shape index (κ1) is 21.1. The fourth-order valence-electron chi connectivity index (χ4n) is 3.65. The van der Waals surface area contributed by atoms with Crippen molar-refractivity contribution in [2.75, 3.05) is 32.8 Å². The summed E-state index contributed by atoms with van der Waals surface area (Å²) < 4.78 is 0.597. The van der Waals surface area contributed by atoms with Crippen LogP contribution in [0, 0.1) is 0 Å². The summed E-state index contributed by atoms with van der Waals surface area (Å²) in [6.07, 6.45) is 12.8. The van der Waals surface area contributed by atoms with Crippen LogP contribution in [0.3, 0.4) is 0 Å². The number of carbonyl (C=O) groups is 1. The van der Waals surface area contributed by atoms with Gasteiger partial charge in [-0.25, -0.2) is 4.99 Å². The van der Waals surface area contributed by atoms with Crippen molar-refractivity contribution in [3.63, 3.8) is 0 Å². The number of aliphatic carboxylic acids is 1. The minimum absolute atomic E-state index is 0.0936. The second-order valence-electron chi connectivity index (χ2n) is 7.06. The number of amidine groups is 1. The zero-order valence-corrected chi connectivity index (χ0v) is 15.5. The van der Waals surface area contributed by atoms with Crippen molar-refractivity contribution < 1.29 is 19.5 Å². The van der Waals surface area contributed by atoms with Gasteiger partial charge in [0, 0.05) is 6.42 Å². The van der Waals surface area contributed by atoms with Gasteiger partial charge < -0.3 is 10.2 Å². The Hall–Kier alpha value is -0.940. The molecule has 0 saturated carbocycles. The molecule has 5 nitrogen and oxygen atoms in total. The van der Waals surface area contributed by atoms with Crippen LogP contribution in [-0.4, -0.2) is 59.3 Å². The Labute approximate surface area is 147 Å². The first-order chi connectivity index (χ1) is 11.6. The molecule has 0 amide bonds. The molecule has 1 aliphatic heterocycles. The number of unbranched alkanes of at least 4 members (excludes halogenated alkanes) is 8. The molecule has 24 heavy (non-hydrogen) atoms. The van der Waals surface area contributed by atoms with Crippen LogP contribution < -0.4 is 0 Å². The number of aliphatic hydroxyl groups excluding tert-OH is 1. The van der Waals surface area contributed by atoms with Gasteiger partial charge >= 0.3 is 5.97 Å². The van der Waals surface area contributed by atoms with E-state index in [0.717, 1.165) is 31.8 Å². The molecule has 1 unspecified atom stereocenters. The van der Waals surface area contributed by atoms with Crippen LogP contribution >= 0.6 is 0 Å². The fraction of sp³-hybridized carbons (Fsp3) is 0.895. The molecule has 0 bridgehead atoms. The van der Waals surface area contributed by atoms with E-state index in [1.165, 1.54) is 51.4 Å². The van der Waals surface area contributed by atoms with Gasteiger partial charge in [-0.2, -0.15) is 0 Å². The fourth-order valence-corrected chi connectivity index (χ4v) is 3.65. The van der Waals surface area contributed by atoms with Crippen molar-refractivity contribution in [3.05, 3.63) is 0 Å². The van der Waals surface area contributed by atoms with Crippen LogP contribution in [0.4, 0.5) is 0 Å². The zero-order valence-electron chi connectivity index (χ0n) is 15.5. The number of carboxylic acid groups (broad SMARTS) is 1. The summed E-state index contributed by atoms with van der Waals surface area (Å²) in [6, 6.07) is 0. The number of quaternary nitrogens is 1. The average molecular weight is 342 g/mol. The molecule has 140 valence electrons. The minimum Gasteiger partial charge on any atom is -0.481 e. The van der Waals surface area contributed by atoms with E-state index < -0.39 is 5.97 Å². The molecular weight excluding hydrogens is 304 g/mol. The number of aliphatic hydroxyl groups is 1. The maximum atomic E-state index is 10.9. The Bertz CT molecular complexity index is 385. The second-order valence-corrected chi connectivity index (χ2v) is 7.06. The van der Waals surface area contributed by atoms with E-state index in [4.69, 9.17) is 5.11 Å². The number of aliphatic imine (C=N–C) groups is 1. The minimum atomic E-state index is -0.764. The van der Waals surface area contributed by atoms with Crippen molar-refractivity contribution in [3.8, 4) is 0 Å². The van der Waals surface area contributed by atoms with Crippen LogP contribution in [0.1, 0.15) is 77.6 Å². The Kier molecular flexibility index (Phi) is 10.9. The van der Waals surface area contributed by atoms with Gasteiger partial charge in [-0.3, -0.25) is 9.28 Å². The monoisotopic (exact) mass is 341 g/mol. The Morgan fingerprint density at radius 2 is 1.67 bits per heavy atom. The number of hydrogen-bond donors (Lipinski definition) is 2. The van der Waals surface area contributed by atoms with Crippen LogP contribution in [0.2, 0.25) is 0 Å². The molecule has 0 saturated heterocycles. The quantitative estimate of drug-likeness (QED) is 0.353. The lowest BCUT2D eigenvalue weighted by Gasteiger charge is -2.34. The van der Waals surface area contributed by atoms with E-state index in [9.17, 15) is 9.90 Å². The third-order valence-corrected chi connectivity index (χ3v) is 5.16. The van der Waals surface area contributed by atoms with E-state index in [0.29, 0.717) is 17.6 Å². The van der Waals surface area contributed by atoms with Crippen LogP contribution in [-0.2, 0) is 4.79 Å². The van der Waals surface area contributed by atoms with Gasteiger partial charge in [-0.1, -0.05) is 58.3 Å². The van der Waals surface area contributed by atoms with Gasteiger partial charge in [0.05, 0.1) is 26.1 Å². The summed E-state index contributed by atoms with van der Waals surface area (Å²) in [4.78, 5) is 15.6.